The number of aromatic nitrogens is 2. The molecule has 2 rings (SSSR count). The molecule has 1 atom stereocenters. The van der Waals surface area contributed by atoms with Crippen LogP contribution in [0.2, 0.25) is 0 Å². The summed E-state index contributed by atoms with van der Waals surface area (Å²) in [7, 11) is 1.97. The second-order valence-electron chi connectivity index (χ2n) is 6.80. The highest BCUT2D eigenvalue weighted by molar-refractivity contribution is 14.0. The molecule has 1 heterocycles. The van der Waals surface area contributed by atoms with Gasteiger partial charge in [0.15, 0.2) is 5.96 Å². The van der Waals surface area contributed by atoms with E-state index in [1.165, 1.54) is 11.3 Å². The second kappa shape index (κ2) is 10.6. The maximum atomic E-state index is 13.7. The normalized spacial score (nSPS) is 12.5. The lowest BCUT2D eigenvalue weighted by molar-refractivity contribution is 0.615. The summed E-state index contributed by atoms with van der Waals surface area (Å²) in [5, 5.41) is 11.2. The molecule has 0 saturated heterocycles. The quantitative estimate of drug-likeness (QED) is 0.371. The van der Waals surface area contributed by atoms with Crippen LogP contribution in [0.5, 0.6) is 0 Å². The number of halogens is 2. The molecular formula is C20H31FIN5. The van der Waals surface area contributed by atoms with Crippen molar-refractivity contribution in [2.75, 3.05) is 6.54 Å². The molecule has 0 spiro atoms. The number of guanidine groups is 1. The van der Waals surface area contributed by atoms with E-state index in [1.54, 1.807) is 19.1 Å². The van der Waals surface area contributed by atoms with E-state index in [4.69, 9.17) is 0 Å². The molecule has 2 N–H and O–H groups in total. The molecule has 1 unspecified atom stereocenters. The van der Waals surface area contributed by atoms with Crippen LogP contribution in [-0.4, -0.2) is 28.3 Å². The van der Waals surface area contributed by atoms with Gasteiger partial charge in [-0.25, -0.2) is 9.38 Å². The zero-order valence-corrected chi connectivity index (χ0v) is 19.4. The smallest absolute Gasteiger partial charge is 0.191 e. The summed E-state index contributed by atoms with van der Waals surface area (Å²) in [5.74, 6) is 0.548. The summed E-state index contributed by atoms with van der Waals surface area (Å²) in [5.41, 5.74) is 5.03. The number of aryl methyl sites for hydroxylation is 3. The summed E-state index contributed by atoms with van der Waals surface area (Å²) >= 11 is 0. The molecule has 0 aliphatic rings. The van der Waals surface area contributed by atoms with Gasteiger partial charge in [0.2, 0.25) is 0 Å². The fourth-order valence-corrected chi connectivity index (χ4v) is 2.93. The maximum Gasteiger partial charge on any atom is 0.191 e. The molecule has 0 amide bonds. The van der Waals surface area contributed by atoms with Crippen molar-refractivity contribution < 1.29 is 4.39 Å². The van der Waals surface area contributed by atoms with Crippen LogP contribution in [0.4, 0.5) is 4.39 Å². The maximum absolute atomic E-state index is 13.7. The molecule has 5 nitrogen and oxygen atoms in total. The molecular weight excluding hydrogens is 456 g/mol. The van der Waals surface area contributed by atoms with E-state index in [0.29, 0.717) is 12.1 Å². The van der Waals surface area contributed by atoms with Gasteiger partial charge in [-0.3, -0.25) is 4.68 Å². The van der Waals surface area contributed by atoms with Crippen LogP contribution in [0, 0.1) is 26.6 Å². The van der Waals surface area contributed by atoms with E-state index < -0.39 is 0 Å². The van der Waals surface area contributed by atoms with Crippen molar-refractivity contribution in [1.29, 1.82) is 0 Å². The second-order valence-corrected chi connectivity index (χ2v) is 6.80. The highest BCUT2D eigenvalue weighted by Crippen LogP contribution is 2.14. The molecule has 1 aromatic heterocycles. The van der Waals surface area contributed by atoms with Crippen molar-refractivity contribution in [1.82, 2.24) is 20.4 Å². The summed E-state index contributed by atoms with van der Waals surface area (Å²) < 4.78 is 15.6. The third kappa shape index (κ3) is 6.48. The van der Waals surface area contributed by atoms with Crippen molar-refractivity contribution in [3.63, 3.8) is 0 Å². The lowest BCUT2D eigenvalue weighted by Crippen LogP contribution is -2.43. The van der Waals surface area contributed by atoms with Gasteiger partial charge in [-0.15, -0.1) is 24.0 Å². The minimum Gasteiger partial charge on any atom is -0.357 e. The Morgan fingerprint density at radius 2 is 2.00 bits per heavy atom. The zero-order valence-electron chi connectivity index (χ0n) is 17.1. The zero-order chi connectivity index (χ0) is 19.3. The number of nitrogens with one attached hydrogen (secondary N) is 2. The van der Waals surface area contributed by atoms with Gasteiger partial charge < -0.3 is 10.6 Å². The lowest BCUT2D eigenvalue weighted by atomic mass is 10.1. The Bertz CT molecular complexity index is 785. The van der Waals surface area contributed by atoms with Crippen molar-refractivity contribution in [2.24, 2.45) is 12.0 Å². The topological polar surface area (TPSA) is 54.2 Å². The fourth-order valence-electron chi connectivity index (χ4n) is 2.93. The standard InChI is InChI=1S/C20H30FN5.HI/c1-7-22-20(23-12-17-9-8-13(2)19(21)11-17)24-14(3)10-18-15(4)25-26(6)16(18)5;/h8-9,11,14H,7,10,12H2,1-6H3,(H2,22,23,24);1H. The molecule has 1 aromatic carbocycles. The first-order chi connectivity index (χ1) is 12.3. The molecule has 0 aliphatic heterocycles. The van der Waals surface area contributed by atoms with Gasteiger partial charge in [0.05, 0.1) is 12.2 Å². The average molecular weight is 487 g/mol. The van der Waals surface area contributed by atoms with Crippen molar-refractivity contribution >= 4 is 29.9 Å². The molecule has 0 saturated carbocycles. The Labute approximate surface area is 178 Å². The van der Waals surface area contributed by atoms with Gasteiger partial charge >= 0.3 is 0 Å². The number of benzene rings is 1. The van der Waals surface area contributed by atoms with Gasteiger partial charge in [0.25, 0.3) is 0 Å². The van der Waals surface area contributed by atoms with Crippen LogP contribution in [0.1, 0.15) is 41.9 Å². The minimum absolute atomic E-state index is 0. The molecule has 0 fully saturated rings. The van der Waals surface area contributed by atoms with Crippen LogP contribution >= 0.6 is 24.0 Å². The van der Waals surface area contributed by atoms with E-state index in [2.05, 4.69) is 34.6 Å². The van der Waals surface area contributed by atoms with E-state index in [1.807, 2.05) is 31.6 Å². The summed E-state index contributed by atoms with van der Waals surface area (Å²) in [6.45, 7) is 11.3. The Hall–Kier alpha value is -1.64. The molecule has 2 aromatic rings. The predicted molar refractivity (Wildman–Crippen MR) is 120 cm³/mol. The van der Waals surface area contributed by atoms with E-state index in [0.717, 1.165) is 30.2 Å². The summed E-state index contributed by atoms with van der Waals surface area (Å²) in [4.78, 5) is 4.59. The average Bonchev–Trinajstić information content (AvgIpc) is 2.82. The minimum atomic E-state index is -0.188. The Kier molecular flexibility index (Phi) is 9.21. The first-order valence-corrected chi connectivity index (χ1v) is 9.10. The Morgan fingerprint density at radius 3 is 2.56 bits per heavy atom. The van der Waals surface area contributed by atoms with Crippen molar-refractivity contribution in [3.8, 4) is 0 Å². The summed E-state index contributed by atoms with van der Waals surface area (Å²) in [6.07, 6.45) is 0.870. The molecule has 7 heteroatoms. The van der Waals surface area contributed by atoms with Crippen LogP contribution in [-0.2, 0) is 20.0 Å². The number of hydrogen-bond donors (Lipinski definition) is 2. The molecule has 150 valence electrons. The SMILES string of the molecule is CCNC(=NCc1ccc(C)c(F)c1)NC(C)Cc1c(C)nn(C)c1C.I. The molecule has 0 bridgehead atoms. The largest absolute Gasteiger partial charge is 0.357 e. The Balaban J connectivity index is 0.00000364. The van der Waals surface area contributed by atoms with E-state index in [9.17, 15) is 4.39 Å². The van der Waals surface area contributed by atoms with Crippen molar-refractivity contribution in [2.45, 2.75) is 53.6 Å². The molecule has 0 aliphatic carbocycles. The third-order valence-corrected chi connectivity index (χ3v) is 4.55. The van der Waals surface area contributed by atoms with Gasteiger partial charge in [-0.2, -0.15) is 5.10 Å². The fraction of sp³-hybridized carbons (Fsp3) is 0.500. The summed E-state index contributed by atoms with van der Waals surface area (Å²) in [6, 6.07) is 5.45. The lowest BCUT2D eigenvalue weighted by Gasteiger charge is -2.18. The first-order valence-electron chi connectivity index (χ1n) is 9.10. The van der Waals surface area contributed by atoms with Gasteiger partial charge in [0, 0.05) is 25.3 Å². The Morgan fingerprint density at radius 1 is 1.30 bits per heavy atom. The van der Waals surface area contributed by atoms with Gasteiger partial charge in [-0.05, 0) is 63.8 Å². The van der Waals surface area contributed by atoms with Crippen LogP contribution in [0.3, 0.4) is 0 Å². The highest BCUT2D eigenvalue weighted by Gasteiger charge is 2.14. The van der Waals surface area contributed by atoms with E-state index >= 15 is 0 Å². The van der Waals surface area contributed by atoms with E-state index in [-0.39, 0.29) is 35.8 Å². The molecule has 0 radical (unpaired) electrons. The molecule has 27 heavy (non-hydrogen) atoms. The number of aliphatic imine (C=N–C) groups is 1. The third-order valence-electron chi connectivity index (χ3n) is 4.55. The van der Waals surface area contributed by atoms with Gasteiger partial charge in [-0.1, -0.05) is 12.1 Å². The monoisotopic (exact) mass is 487 g/mol. The van der Waals surface area contributed by atoms with Crippen molar-refractivity contribution in [3.05, 3.63) is 52.1 Å². The number of nitrogens with zero attached hydrogens (tertiary/aromatic N) is 3. The van der Waals surface area contributed by atoms with Crippen LogP contribution < -0.4 is 10.6 Å². The number of hydrogen-bond acceptors (Lipinski definition) is 2. The predicted octanol–water partition coefficient (Wildman–Crippen LogP) is 3.79. The first kappa shape index (κ1) is 23.4. The highest BCUT2D eigenvalue weighted by atomic mass is 127. The van der Waals surface area contributed by atoms with Crippen LogP contribution in [0.25, 0.3) is 0 Å². The van der Waals surface area contributed by atoms with Crippen LogP contribution in [0.15, 0.2) is 23.2 Å². The van der Waals surface area contributed by atoms with Gasteiger partial charge in [0.1, 0.15) is 5.82 Å². The number of rotatable bonds is 6.